The number of nitrogens with zero attached hydrogens (tertiary/aromatic N) is 2. The number of likely N-dealkylation sites (tertiary alicyclic amines) is 1. The molecule has 174 valence electrons. The van der Waals surface area contributed by atoms with E-state index >= 15 is 0 Å². The van der Waals surface area contributed by atoms with Crippen molar-refractivity contribution < 1.29 is 14.3 Å². The van der Waals surface area contributed by atoms with Crippen LogP contribution in [-0.2, 0) is 16.0 Å². The van der Waals surface area contributed by atoms with Crippen LogP contribution in [0, 0.1) is 23.7 Å². The number of guanidine groups is 1. The lowest BCUT2D eigenvalue weighted by Gasteiger charge is -2.18. The predicted octanol–water partition coefficient (Wildman–Crippen LogP) is 2.61. The first-order valence-corrected chi connectivity index (χ1v) is 11.4. The first kappa shape index (κ1) is 24.5. The Morgan fingerprint density at radius 1 is 1.12 bits per heavy atom. The van der Waals surface area contributed by atoms with E-state index in [2.05, 4.69) is 33.8 Å². The molecule has 0 spiro atoms. The molecule has 1 aromatic carbocycles. The zero-order valence-corrected chi connectivity index (χ0v) is 21.1. The standard InChI is InChI=1S/C24H32N4O3.HI/c1-3-25-24(26-11-10-16-6-5-7-19(14-16)31-4-2)27-12-13-28-22(29)20-17-8-9-18(15-17)21(20)23(28)30;/h5-9,14,17-18,20-21H,3-4,10-13,15H2,1-2H3,(H2,25,26,27);1H. The summed E-state index contributed by atoms with van der Waals surface area (Å²) in [5.74, 6) is 1.84. The number of hydrogen-bond acceptors (Lipinski definition) is 4. The molecule has 8 heteroatoms. The Bertz CT molecular complexity index is 858. The van der Waals surface area contributed by atoms with Crippen LogP contribution in [0.25, 0.3) is 0 Å². The van der Waals surface area contributed by atoms with Gasteiger partial charge in [0.15, 0.2) is 5.96 Å². The average Bonchev–Trinajstić information content (AvgIpc) is 3.44. The number of fused-ring (bicyclic) bond motifs is 5. The van der Waals surface area contributed by atoms with Crippen molar-refractivity contribution in [1.29, 1.82) is 0 Å². The van der Waals surface area contributed by atoms with Crippen LogP contribution in [0.3, 0.4) is 0 Å². The highest BCUT2D eigenvalue weighted by Gasteiger charge is 2.58. The van der Waals surface area contributed by atoms with Crippen LogP contribution in [-0.4, -0.2) is 55.5 Å². The molecule has 2 fully saturated rings. The number of carbonyl (C=O) groups excluding carboxylic acids is 2. The summed E-state index contributed by atoms with van der Waals surface area (Å²) in [5.41, 5.74) is 1.17. The number of carbonyl (C=O) groups is 2. The van der Waals surface area contributed by atoms with E-state index in [4.69, 9.17) is 4.74 Å². The Morgan fingerprint density at radius 3 is 2.50 bits per heavy atom. The lowest BCUT2D eigenvalue weighted by molar-refractivity contribution is -0.140. The van der Waals surface area contributed by atoms with E-state index in [1.807, 2.05) is 32.0 Å². The predicted molar refractivity (Wildman–Crippen MR) is 135 cm³/mol. The van der Waals surface area contributed by atoms with Crippen LogP contribution in [0.15, 0.2) is 41.4 Å². The van der Waals surface area contributed by atoms with E-state index in [-0.39, 0.29) is 59.5 Å². The van der Waals surface area contributed by atoms with E-state index in [0.717, 1.165) is 25.1 Å². The van der Waals surface area contributed by atoms with Gasteiger partial charge in [0.25, 0.3) is 0 Å². The third kappa shape index (κ3) is 5.10. The van der Waals surface area contributed by atoms with E-state index in [1.165, 1.54) is 10.5 Å². The molecule has 32 heavy (non-hydrogen) atoms. The largest absolute Gasteiger partial charge is 0.494 e. The summed E-state index contributed by atoms with van der Waals surface area (Å²) < 4.78 is 5.55. The van der Waals surface area contributed by atoms with Gasteiger partial charge in [-0.2, -0.15) is 0 Å². The second kappa shape index (κ2) is 11.2. The topological polar surface area (TPSA) is 83.0 Å². The number of imide groups is 1. The molecule has 2 aliphatic carbocycles. The summed E-state index contributed by atoms with van der Waals surface area (Å²) in [7, 11) is 0. The molecular formula is C24H33IN4O3. The molecular weight excluding hydrogens is 519 g/mol. The van der Waals surface area contributed by atoms with Crippen LogP contribution < -0.4 is 15.4 Å². The molecule has 3 aliphatic rings. The SMILES string of the molecule is CCNC(=NCCc1cccc(OCC)c1)NCCN1C(=O)C2C3C=CC(C3)C2C1=O.I. The molecule has 2 bridgehead atoms. The van der Waals surface area contributed by atoms with Gasteiger partial charge in [-0.1, -0.05) is 24.3 Å². The van der Waals surface area contributed by atoms with Gasteiger partial charge in [-0.15, -0.1) is 24.0 Å². The van der Waals surface area contributed by atoms with E-state index in [9.17, 15) is 9.59 Å². The molecule has 2 N–H and O–H groups in total. The quantitative estimate of drug-likeness (QED) is 0.162. The van der Waals surface area contributed by atoms with E-state index < -0.39 is 0 Å². The van der Waals surface area contributed by atoms with Gasteiger partial charge in [-0.05, 0) is 56.2 Å². The highest BCUT2D eigenvalue weighted by molar-refractivity contribution is 14.0. The molecule has 0 radical (unpaired) electrons. The van der Waals surface area contributed by atoms with Crippen LogP contribution >= 0.6 is 24.0 Å². The third-order valence-corrected chi connectivity index (χ3v) is 6.41. The fourth-order valence-electron chi connectivity index (χ4n) is 5.07. The number of benzene rings is 1. The second-order valence-corrected chi connectivity index (χ2v) is 8.35. The van der Waals surface area contributed by atoms with Crippen molar-refractivity contribution in [2.24, 2.45) is 28.7 Å². The Morgan fingerprint density at radius 2 is 1.84 bits per heavy atom. The van der Waals surface area contributed by atoms with Crippen LogP contribution in [0.2, 0.25) is 0 Å². The number of rotatable bonds is 9. The van der Waals surface area contributed by atoms with Gasteiger partial charge >= 0.3 is 0 Å². The number of nitrogens with one attached hydrogen (secondary N) is 2. The van der Waals surface area contributed by atoms with Crippen molar-refractivity contribution in [3.63, 3.8) is 0 Å². The number of hydrogen-bond donors (Lipinski definition) is 2. The van der Waals surface area contributed by atoms with Crippen LogP contribution in [0.5, 0.6) is 5.75 Å². The summed E-state index contributed by atoms with van der Waals surface area (Å²) in [6.45, 7) is 6.88. The number of allylic oxidation sites excluding steroid dienone is 2. The number of aliphatic imine (C=N–C) groups is 1. The van der Waals surface area contributed by atoms with Gasteiger partial charge in [0.2, 0.25) is 11.8 Å². The highest BCUT2D eigenvalue weighted by Crippen LogP contribution is 2.52. The molecule has 1 heterocycles. The molecule has 4 atom stereocenters. The molecule has 1 saturated carbocycles. The molecule has 0 aromatic heterocycles. The summed E-state index contributed by atoms with van der Waals surface area (Å²) >= 11 is 0. The van der Waals surface area contributed by atoms with Gasteiger partial charge in [-0.3, -0.25) is 19.5 Å². The van der Waals surface area contributed by atoms with E-state index in [0.29, 0.717) is 32.2 Å². The minimum absolute atomic E-state index is 0. The number of amides is 2. The number of halogens is 1. The van der Waals surface area contributed by atoms with Crippen molar-refractivity contribution in [1.82, 2.24) is 15.5 Å². The maximum atomic E-state index is 12.8. The summed E-state index contributed by atoms with van der Waals surface area (Å²) in [4.78, 5) is 31.6. The monoisotopic (exact) mass is 552 g/mol. The zero-order valence-electron chi connectivity index (χ0n) is 18.8. The Hall–Kier alpha value is -2.10. The summed E-state index contributed by atoms with van der Waals surface area (Å²) in [5, 5.41) is 6.49. The lowest BCUT2D eigenvalue weighted by Crippen LogP contribution is -2.43. The Balaban J connectivity index is 0.00000289. The summed E-state index contributed by atoms with van der Waals surface area (Å²) in [6, 6.07) is 8.07. The minimum Gasteiger partial charge on any atom is -0.494 e. The van der Waals surface area contributed by atoms with Gasteiger partial charge in [0.1, 0.15) is 5.75 Å². The first-order valence-electron chi connectivity index (χ1n) is 11.4. The molecule has 2 amide bonds. The van der Waals surface area contributed by atoms with Gasteiger partial charge in [0, 0.05) is 26.2 Å². The molecule has 7 nitrogen and oxygen atoms in total. The Labute approximate surface area is 207 Å². The van der Waals surface area contributed by atoms with Crippen LogP contribution in [0.4, 0.5) is 0 Å². The third-order valence-electron chi connectivity index (χ3n) is 6.41. The van der Waals surface area contributed by atoms with Crippen molar-refractivity contribution >= 4 is 41.8 Å². The van der Waals surface area contributed by atoms with Gasteiger partial charge in [0.05, 0.1) is 18.4 Å². The highest BCUT2D eigenvalue weighted by atomic mass is 127. The van der Waals surface area contributed by atoms with Crippen molar-refractivity contribution in [2.75, 3.05) is 32.8 Å². The smallest absolute Gasteiger partial charge is 0.233 e. The van der Waals surface area contributed by atoms with Crippen molar-refractivity contribution in [2.45, 2.75) is 26.7 Å². The van der Waals surface area contributed by atoms with Crippen molar-refractivity contribution in [3.8, 4) is 5.75 Å². The molecule has 4 rings (SSSR count). The maximum Gasteiger partial charge on any atom is 0.233 e. The maximum absolute atomic E-state index is 12.8. The van der Waals surface area contributed by atoms with Crippen molar-refractivity contribution in [3.05, 3.63) is 42.0 Å². The molecule has 4 unspecified atom stereocenters. The Kier molecular flexibility index (Phi) is 8.56. The lowest BCUT2D eigenvalue weighted by atomic mass is 9.85. The second-order valence-electron chi connectivity index (χ2n) is 8.35. The summed E-state index contributed by atoms with van der Waals surface area (Å²) in [6.07, 6.45) is 6.01. The molecule has 1 saturated heterocycles. The minimum atomic E-state index is -0.128. The van der Waals surface area contributed by atoms with E-state index in [1.54, 1.807) is 0 Å². The van der Waals surface area contributed by atoms with Gasteiger partial charge < -0.3 is 15.4 Å². The zero-order chi connectivity index (χ0) is 21.8. The van der Waals surface area contributed by atoms with Gasteiger partial charge in [-0.25, -0.2) is 0 Å². The molecule has 1 aromatic rings. The molecule has 1 aliphatic heterocycles. The number of ether oxygens (including phenoxy) is 1. The van der Waals surface area contributed by atoms with Crippen LogP contribution in [0.1, 0.15) is 25.8 Å². The first-order chi connectivity index (χ1) is 15.1. The average molecular weight is 552 g/mol. The fourth-order valence-corrected chi connectivity index (χ4v) is 5.07. The fraction of sp³-hybridized carbons (Fsp3) is 0.542. The normalized spacial score (nSPS) is 25.7.